The molecule has 0 aliphatic rings. The van der Waals surface area contributed by atoms with E-state index in [9.17, 15) is 14.0 Å². The molecule has 2 atom stereocenters. The topological polar surface area (TPSA) is 55.4 Å². The van der Waals surface area contributed by atoms with E-state index in [4.69, 9.17) is 4.74 Å². The highest BCUT2D eigenvalue weighted by molar-refractivity contribution is 9.10. The predicted molar refractivity (Wildman–Crippen MR) is 96.8 cm³/mol. The zero-order valence-electron chi connectivity index (χ0n) is 14.0. The van der Waals surface area contributed by atoms with Crippen LogP contribution in [-0.2, 0) is 9.53 Å². The fraction of sp³-hybridized carbons (Fsp3) is 0.263. The Bertz CT molecular complexity index is 752. The number of hydrogen-bond acceptors (Lipinski definition) is 3. The molecule has 0 bridgehead atoms. The number of amides is 1. The second-order valence-electron chi connectivity index (χ2n) is 5.73. The molecule has 4 nitrogen and oxygen atoms in total. The average Bonchev–Trinajstić information content (AvgIpc) is 2.59. The zero-order chi connectivity index (χ0) is 18.4. The Labute approximate surface area is 154 Å². The van der Waals surface area contributed by atoms with Crippen LogP contribution >= 0.6 is 15.9 Å². The molecular formula is C19H19BrFNO3. The van der Waals surface area contributed by atoms with E-state index in [-0.39, 0.29) is 21.9 Å². The van der Waals surface area contributed by atoms with Crippen molar-refractivity contribution in [3.63, 3.8) is 0 Å². The smallest absolute Gasteiger partial charge is 0.340 e. The van der Waals surface area contributed by atoms with Crippen LogP contribution in [0, 0.1) is 5.82 Å². The largest absolute Gasteiger partial charge is 0.449 e. The van der Waals surface area contributed by atoms with Crippen LogP contribution < -0.4 is 5.32 Å². The van der Waals surface area contributed by atoms with Crippen molar-refractivity contribution < 1.29 is 18.7 Å². The number of halogens is 2. The van der Waals surface area contributed by atoms with Crippen LogP contribution in [0.2, 0.25) is 0 Å². The molecule has 132 valence electrons. The van der Waals surface area contributed by atoms with E-state index in [1.54, 1.807) is 0 Å². The number of rotatable bonds is 6. The molecule has 0 radical (unpaired) electrons. The average molecular weight is 408 g/mol. The maximum absolute atomic E-state index is 13.1. The van der Waals surface area contributed by atoms with Gasteiger partial charge in [0.25, 0.3) is 5.91 Å². The lowest BCUT2D eigenvalue weighted by atomic mass is 10.0. The molecule has 2 aromatic rings. The van der Waals surface area contributed by atoms with Crippen molar-refractivity contribution >= 4 is 27.8 Å². The van der Waals surface area contributed by atoms with Gasteiger partial charge in [0, 0.05) is 11.0 Å². The first-order valence-corrected chi connectivity index (χ1v) is 8.66. The summed E-state index contributed by atoms with van der Waals surface area (Å²) in [5, 5.41) is 2.77. The molecule has 6 heteroatoms. The number of carbonyl (C=O) groups excluding carboxylic acids is 2. The number of carbonyl (C=O) groups is 2. The third-order valence-corrected chi connectivity index (χ3v) is 4.41. The van der Waals surface area contributed by atoms with Gasteiger partial charge in [0.1, 0.15) is 5.82 Å². The molecule has 2 aromatic carbocycles. The van der Waals surface area contributed by atoms with Gasteiger partial charge in [-0.15, -0.1) is 0 Å². The summed E-state index contributed by atoms with van der Waals surface area (Å²) >= 11 is 3.11. The summed E-state index contributed by atoms with van der Waals surface area (Å²) < 4.78 is 18.5. The maximum Gasteiger partial charge on any atom is 0.340 e. The summed E-state index contributed by atoms with van der Waals surface area (Å²) in [6, 6.07) is 13.4. The van der Waals surface area contributed by atoms with Crippen LogP contribution in [-0.4, -0.2) is 24.5 Å². The minimum atomic E-state index is -0.951. The molecule has 0 aliphatic carbocycles. The highest BCUT2D eigenvalue weighted by Crippen LogP contribution is 2.19. The van der Waals surface area contributed by atoms with Crippen molar-refractivity contribution in [3.8, 4) is 0 Å². The summed E-state index contributed by atoms with van der Waals surface area (Å²) in [7, 11) is 0. The molecule has 0 fully saturated rings. The quantitative estimate of drug-likeness (QED) is 0.734. The lowest BCUT2D eigenvalue weighted by molar-refractivity contribution is -0.129. The van der Waals surface area contributed by atoms with Crippen molar-refractivity contribution in [2.45, 2.75) is 25.9 Å². The van der Waals surface area contributed by atoms with Gasteiger partial charge in [-0.3, -0.25) is 4.79 Å². The molecule has 0 saturated heterocycles. The number of hydrogen-bond donors (Lipinski definition) is 1. The first-order chi connectivity index (χ1) is 11.9. The van der Waals surface area contributed by atoms with Crippen molar-refractivity contribution in [3.05, 3.63) is 69.9 Å². The van der Waals surface area contributed by atoms with Gasteiger partial charge in [-0.05, 0) is 52.5 Å². The van der Waals surface area contributed by atoms with E-state index in [2.05, 4.69) is 21.2 Å². The van der Waals surface area contributed by atoms with Crippen LogP contribution in [0.5, 0.6) is 0 Å². The second kappa shape index (κ2) is 8.76. The van der Waals surface area contributed by atoms with Crippen LogP contribution in [0.3, 0.4) is 0 Å². The van der Waals surface area contributed by atoms with Crippen molar-refractivity contribution in [1.29, 1.82) is 0 Å². The van der Waals surface area contributed by atoms with E-state index >= 15 is 0 Å². The van der Waals surface area contributed by atoms with Crippen LogP contribution in [0.15, 0.2) is 53.0 Å². The van der Waals surface area contributed by atoms with Gasteiger partial charge >= 0.3 is 5.97 Å². The van der Waals surface area contributed by atoms with Crippen molar-refractivity contribution in [2.24, 2.45) is 0 Å². The molecule has 0 saturated carbocycles. The lowest BCUT2D eigenvalue weighted by Gasteiger charge is -2.17. The first kappa shape index (κ1) is 19.1. The van der Waals surface area contributed by atoms with Gasteiger partial charge < -0.3 is 10.1 Å². The second-order valence-corrected chi connectivity index (χ2v) is 6.58. The Morgan fingerprint density at radius 3 is 2.48 bits per heavy atom. The number of esters is 1. The fourth-order valence-electron chi connectivity index (χ4n) is 2.23. The highest BCUT2D eigenvalue weighted by Gasteiger charge is 2.21. The van der Waals surface area contributed by atoms with Gasteiger partial charge in [0.2, 0.25) is 0 Å². The van der Waals surface area contributed by atoms with E-state index < -0.39 is 17.9 Å². The zero-order valence-corrected chi connectivity index (χ0v) is 15.5. The predicted octanol–water partition coefficient (Wildman–Crippen LogP) is 4.05. The van der Waals surface area contributed by atoms with Gasteiger partial charge in [-0.1, -0.05) is 37.3 Å². The van der Waals surface area contributed by atoms with Crippen LogP contribution in [0.1, 0.15) is 35.7 Å². The summed E-state index contributed by atoms with van der Waals surface area (Å²) in [6.45, 7) is 3.94. The van der Waals surface area contributed by atoms with Gasteiger partial charge in [-0.2, -0.15) is 0 Å². The van der Waals surface area contributed by atoms with Gasteiger partial charge in [-0.25, -0.2) is 9.18 Å². The number of benzene rings is 2. The third kappa shape index (κ3) is 5.39. The maximum atomic E-state index is 13.1. The summed E-state index contributed by atoms with van der Waals surface area (Å²) in [6.07, 6.45) is -0.951. The monoisotopic (exact) mass is 407 g/mol. The lowest BCUT2D eigenvalue weighted by Crippen LogP contribution is -2.37. The minimum Gasteiger partial charge on any atom is -0.449 e. The van der Waals surface area contributed by atoms with E-state index in [0.717, 1.165) is 11.6 Å². The SMILES string of the molecule is C[C@H](CNC(=O)[C@@H](C)OC(=O)c1ccc(F)cc1Br)c1ccccc1. The Kier molecular flexibility index (Phi) is 6.70. The van der Waals surface area contributed by atoms with Crippen LogP contribution in [0.4, 0.5) is 4.39 Å². The van der Waals surface area contributed by atoms with E-state index in [1.807, 2.05) is 37.3 Å². The van der Waals surface area contributed by atoms with E-state index in [0.29, 0.717) is 6.54 Å². The third-order valence-electron chi connectivity index (χ3n) is 3.76. The van der Waals surface area contributed by atoms with Crippen molar-refractivity contribution in [1.82, 2.24) is 5.32 Å². The number of nitrogens with one attached hydrogen (secondary N) is 1. The highest BCUT2D eigenvalue weighted by atomic mass is 79.9. The molecule has 0 heterocycles. The molecule has 2 rings (SSSR count). The molecule has 0 aliphatic heterocycles. The van der Waals surface area contributed by atoms with Gasteiger partial charge in [0.15, 0.2) is 6.10 Å². The Morgan fingerprint density at radius 1 is 1.16 bits per heavy atom. The van der Waals surface area contributed by atoms with Crippen molar-refractivity contribution in [2.75, 3.05) is 6.54 Å². The number of ether oxygens (including phenoxy) is 1. The molecule has 0 spiro atoms. The molecule has 25 heavy (non-hydrogen) atoms. The van der Waals surface area contributed by atoms with E-state index in [1.165, 1.54) is 19.1 Å². The Hall–Kier alpha value is -2.21. The van der Waals surface area contributed by atoms with Gasteiger partial charge in [0.05, 0.1) is 5.56 Å². The standard InChI is InChI=1S/C19H19BrFNO3/c1-12(14-6-4-3-5-7-14)11-22-18(23)13(2)25-19(24)16-9-8-15(21)10-17(16)20/h3-10,12-13H,11H2,1-2H3,(H,22,23)/t12-,13-/m1/s1. The molecule has 0 unspecified atom stereocenters. The summed E-state index contributed by atoms with van der Waals surface area (Å²) in [5.41, 5.74) is 1.28. The molecule has 1 amide bonds. The van der Waals surface area contributed by atoms with Crippen LogP contribution in [0.25, 0.3) is 0 Å². The molecular weight excluding hydrogens is 389 g/mol. The molecule has 0 aromatic heterocycles. The normalized spacial score (nSPS) is 13.0. The summed E-state index contributed by atoms with van der Waals surface area (Å²) in [5.74, 6) is -1.40. The Morgan fingerprint density at radius 2 is 1.84 bits per heavy atom. The first-order valence-electron chi connectivity index (χ1n) is 7.87. The Balaban J connectivity index is 1.88. The summed E-state index contributed by atoms with van der Waals surface area (Å²) in [4.78, 5) is 24.2. The fourth-order valence-corrected chi connectivity index (χ4v) is 2.74. The molecule has 1 N–H and O–H groups in total. The minimum absolute atomic E-state index is 0.138.